The van der Waals surface area contributed by atoms with Crippen molar-refractivity contribution in [3.63, 3.8) is 0 Å². The first kappa shape index (κ1) is 17.4. The van der Waals surface area contributed by atoms with Crippen molar-refractivity contribution in [1.29, 1.82) is 0 Å². The Morgan fingerprint density at radius 1 is 1.33 bits per heavy atom. The van der Waals surface area contributed by atoms with Gasteiger partial charge in [-0.2, -0.15) is 0 Å². The Bertz CT molecular complexity index is 632. The standard InChI is InChI=1S/C20H28O4/c1-12-8-17(22)20(4)13(2)7-15(21)10-16(20)19(12,3)6-5-14-9-18(23)24-11-14/h7,9,12,15-16,21H,5-6,8,10-11H2,1-4H3/t12-,15-,16+,19-,20+/m1/s1. The highest BCUT2D eigenvalue weighted by molar-refractivity contribution is 5.89. The molecule has 1 fully saturated rings. The van der Waals surface area contributed by atoms with Crippen LogP contribution in [-0.4, -0.2) is 29.6 Å². The quantitative estimate of drug-likeness (QED) is 0.637. The number of carbonyl (C=O) groups is 2. The summed E-state index contributed by atoms with van der Waals surface area (Å²) in [5.74, 6) is 0.440. The van der Waals surface area contributed by atoms with Crippen molar-refractivity contribution < 1.29 is 19.4 Å². The number of aliphatic hydroxyl groups excluding tert-OH is 1. The number of carbonyl (C=O) groups excluding carboxylic acids is 2. The van der Waals surface area contributed by atoms with E-state index in [9.17, 15) is 14.7 Å². The highest BCUT2D eigenvalue weighted by Crippen LogP contribution is 2.60. The van der Waals surface area contributed by atoms with Crippen molar-refractivity contribution in [2.24, 2.45) is 22.7 Å². The number of hydrogen-bond donors (Lipinski definition) is 1. The normalized spacial score (nSPS) is 42.3. The lowest BCUT2D eigenvalue weighted by atomic mass is 9.46. The number of cyclic esters (lactones) is 1. The summed E-state index contributed by atoms with van der Waals surface area (Å²) >= 11 is 0. The molecule has 24 heavy (non-hydrogen) atoms. The maximum atomic E-state index is 12.9. The third-order valence-corrected chi connectivity index (χ3v) is 7.13. The van der Waals surface area contributed by atoms with Gasteiger partial charge in [0.2, 0.25) is 0 Å². The number of Topliss-reactive ketones (excluding diaryl/α,β-unsaturated/α-hetero) is 1. The summed E-state index contributed by atoms with van der Waals surface area (Å²) < 4.78 is 5.01. The number of allylic oxidation sites excluding steroid dienone is 1. The van der Waals surface area contributed by atoms with E-state index in [0.717, 1.165) is 24.0 Å². The first-order valence-electron chi connectivity index (χ1n) is 8.94. The third-order valence-electron chi connectivity index (χ3n) is 7.13. The number of aliphatic hydroxyl groups is 1. The highest BCUT2D eigenvalue weighted by Gasteiger charge is 2.58. The molecule has 0 aromatic rings. The summed E-state index contributed by atoms with van der Waals surface area (Å²) in [6.07, 6.45) is 5.92. The van der Waals surface area contributed by atoms with Crippen LogP contribution in [0.15, 0.2) is 23.3 Å². The fourth-order valence-electron chi connectivity index (χ4n) is 5.10. The first-order chi connectivity index (χ1) is 11.2. The van der Waals surface area contributed by atoms with Gasteiger partial charge < -0.3 is 9.84 Å². The zero-order chi connectivity index (χ0) is 17.7. The molecule has 5 atom stereocenters. The van der Waals surface area contributed by atoms with E-state index >= 15 is 0 Å². The molecule has 0 amide bonds. The molecule has 0 saturated heterocycles. The van der Waals surface area contributed by atoms with E-state index in [2.05, 4.69) is 20.8 Å². The minimum Gasteiger partial charge on any atom is -0.458 e. The van der Waals surface area contributed by atoms with Gasteiger partial charge in [0, 0.05) is 12.5 Å². The maximum Gasteiger partial charge on any atom is 0.331 e. The minimum absolute atomic E-state index is 0.0500. The van der Waals surface area contributed by atoms with E-state index in [4.69, 9.17) is 4.74 Å². The van der Waals surface area contributed by atoms with Gasteiger partial charge in [-0.1, -0.05) is 25.5 Å². The molecule has 0 aromatic carbocycles. The Labute approximate surface area is 144 Å². The van der Waals surface area contributed by atoms with Crippen LogP contribution in [0.1, 0.15) is 53.4 Å². The molecule has 4 heteroatoms. The Balaban J connectivity index is 1.90. The fraction of sp³-hybridized carbons (Fsp3) is 0.700. The topological polar surface area (TPSA) is 63.6 Å². The van der Waals surface area contributed by atoms with Crippen LogP contribution in [0.25, 0.3) is 0 Å². The van der Waals surface area contributed by atoms with Gasteiger partial charge in [0.05, 0.1) is 11.5 Å². The molecule has 1 N–H and O–H groups in total. The molecule has 1 aliphatic heterocycles. The van der Waals surface area contributed by atoms with Gasteiger partial charge in [-0.25, -0.2) is 4.79 Å². The SMILES string of the molecule is CC1=C[C@@H](O)C[C@@H]2[C@@]1(C)C(=O)C[C@@H](C)[C@@]2(C)CCC1=CC(=O)OC1. The molecule has 0 spiro atoms. The van der Waals surface area contributed by atoms with E-state index in [-0.39, 0.29) is 23.2 Å². The molecule has 0 bridgehead atoms. The number of fused-ring (bicyclic) bond motifs is 1. The molecule has 0 unspecified atom stereocenters. The molecule has 1 saturated carbocycles. The largest absolute Gasteiger partial charge is 0.458 e. The fourth-order valence-corrected chi connectivity index (χ4v) is 5.10. The molecule has 0 aromatic heterocycles. The van der Waals surface area contributed by atoms with Crippen molar-refractivity contribution in [2.45, 2.75) is 59.5 Å². The van der Waals surface area contributed by atoms with Crippen molar-refractivity contribution in [3.8, 4) is 0 Å². The molecule has 132 valence electrons. The van der Waals surface area contributed by atoms with Crippen molar-refractivity contribution in [2.75, 3.05) is 6.61 Å². The Hall–Kier alpha value is -1.42. The van der Waals surface area contributed by atoms with Gasteiger partial charge in [-0.15, -0.1) is 0 Å². The Kier molecular flexibility index (Phi) is 4.23. The molecule has 3 rings (SSSR count). The van der Waals surface area contributed by atoms with Crippen molar-refractivity contribution in [1.82, 2.24) is 0 Å². The van der Waals surface area contributed by atoms with Crippen LogP contribution in [0.3, 0.4) is 0 Å². The zero-order valence-electron chi connectivity index (χ0n) is 15.1. The van der Waals surface area contributed by atoms with Gasteiger partial charge in [0.25, 0.3) is 0 Å². The first-order valence-corrected chi connectivity index (χ1v) is 8.94. The smallest absolute Gasteiger partial charge is 0.331 e. The average Bonchev–Trinajstić information content (AvgIpc) is 2.92. The van der Waals surface area contributed by atoms with Gasteiger partial charge in [-0.05, 0) is 55.9 Å². The van der Waals surface area contributed by atoms with Crippen LogP contribution in [0, 0.1) is 22.7 Å². The van der Waals surface area contributed by atoms with Gasteiger partial charge in [0.1, 0.15) is 12.4 Å². The summed E-state index contributed by atoms with van der Waals surface area (Å²) in [5, 5.41) is 10.3. The highest BCUT2D eigenvalue weighted by atomic mass is 16.5. The predicted molar refractivity (Wildman–Crippen MR) is 91.1 cm³/mol. The van der Waals surface area contributed by atoms with Crippen molar-refractivity contribution in [3.05, 3.63) is 23.3 Å². The summed E-state index contributed by atoms with van der Waals surface area (Å²) in [4.78, 5) is 24.1. The molecule has 0 radical (unpaired) electrons. The lowest BCUT2D eigenvalue weighted by Crippen LogP contribution is -2.56. The monoisotopic (exact) mass is 332 g/mol. The summed E-state index contributed by atoms with van der Waals surface area (Å²) in [6.45, 7) is 8.85. The number of hydrogen-bond acceptors (Lipinski definition) is 4. The number of rotatable bonds is 3. The molecule has 1 heterocycles. The zero-order valence-corrected chi connectivity index (χ0v) is 15.1. The number of esters is 1. The lowest BCUT2D eigenvalue weighted by Gasteiger charge is -2.57. The van der Waals surface area contributed by atoms with E-state index in [1.54, 1.807) is 6.08 Å². The Morgan fingerprint density at radius 3 is 2.67 bits per heavy atom. The van der Waals surface area contributed by atoms with E-state index in [0.29, 0.717) is 25.2 Å². The van der Waals surface area contributed by atoms with Gasteiger partial charge >= 0.3 is 5.97 Å². The molecule has 3 aliphatic rings. The predicted octanol–water partition coefficient (Wildman–Crippen LogP) is 3.20. The third kappa shape index (κ3) is 2.55. The second kappa shape index (κ2) is 5.83. The molecule has 2 aliphatic carbocycles. The second-order valence-electron chi connectivity index (χ2n) is 8.35. The lowest BCUT2D eigenvalue weighted by molar-refractivity contribution is -0.146. The van der Waals surface area contributed by atoms with Crippen LogP contribution in [0.5, 0.6) is 0 Å². The van der Waals surface area contributed by atoms with Crippen LogP contribution in [0.2, 0.25) is 0 Å². The van der Waals surface area contributed by atoms with Gasteiger partial charge in [0.15, 0.2) is 0 Å². The van der Waals surface area contributed by atoms with Crippen LogP contribution in [-0.2, 0) is 14.3 Å². The van der Waals surface area contributed by atoms with Gasteiger partial charge in [-0.3, -0.25) is 4.79 Å². The van der Waals surface area contributed by atoms with E-state index in [1.165, 1.54) is 0 Å². The molecular weight excluding hydrogens is 304 g/mol. The minimum atomic E-state index is -0.476. The average molecular weight is 332 g/mol. The summed E-state index contributed by atoms with van der Waals surface area (Å²) in [7, 11) is 0. The number of ether oxygens (including phenoxy) is 1. The van der Waals surface area contributed by atoms with Crippen molar-refractivity contribution >= 4 is 11.8 Å². The second-order valence-corrected chi connectivity index (χ2v) is 8.35. The van der Waals surface area contributed by atoms with Crippen LogP contribution < -0.4 is 0 Å². The Morgan fingerprint density at radius 2 is 2.04 bits per heavy atom. The van der Waals surface area contributed by atoms with Crippen LogP contribution >= 0.6 is 0 Å². The number of ketones is 1. The van der Waals surface area contributed by atoms with E-state index in [1.807, 2.05) is 13.0 Å². The van der Waals surface area contributed by atoms with E-state index < -0.39 is 11.5 Å². The maximum absolute atomic E-state index is 12.9. The summed E-state index contributed by atoms with van der Waals surface area (Å²) in [6, 6.07) is 0. The molecule has 4 nitrogen and oxygen atoms in total. The van der Waals surface area contributed by atoms with Crippen LogP contribution in [0.4, 0.5) is 0 Å². The summed E-state index contributed by atoms with van der Waals surface area (Å²) in [5.41, 5.74) is 1.52. The molecular formula is C20H28O4.